The van der Waals surface area contributed by atoms with Crippen LogP contribution in [0.25, 0.3) is 11.0 Å². The van der Waals surface area contributed by atoms with E-state index in [4.69, 9.17) is 4.98 Å². The van der Waals surface area contributed by atoms with Gasteiger partial charge in [-0.2, -0.15) is 0 Å². The smallest absolute Gasteiger partial charge is 0.310 e. The van der Waals surface area contributed by atoms with Gasteiger partial charge in [-0.1, -0.05) is 45.6 Å². The first-order valence-electron chi connectivity index (χ1n) is 12.3. The van der Waals surface area contributed by atoms with Crippen molar-refractivity contribution in [1.29, 1.82) is 0 Å². The van der Waals surface area contributed by atoms with Gasteiger partial charge in [-0.05, 0) is 55.3 Å². The van der Waals surface area contributed by atoms with E-state index >= 15 is 0 Å². The fourth-order valence-corrected chi connectivity index (χ4v) is 6.06. The maximum atomic E-state index is 13.3. The summed E-state index contributed by atoms with van der Waals surface area (Å²) >= 11 is 1.73. The summed E-state index contributed by atoms with van der Waals surface area (Å²) in [4.78, 5) is 31.7. The fourth-order valence-electron chi connectivity index (χ4n) is 5.36. The lowest BCUT2D eigenvalue weighted by Crippen LogP contribution is -2.33. The fraction of sp³-hybridized carbons (Fsp3) is 0.519. The van der Waals surface area contributed by atoms with Gasteiger partial charge in [0.2, 0.25) is 0 Å². The van der Waals surface area contributed by atoms with Crippen molar-refractivity contribution >= 4 is 34.1 Å². The quantitative estimate of drug-likeness (QED) is 0.271. The Morgan fingerprint density at radius 3 is 2.45 bits per heavy atom. The monoisotopic (exact) mass is 466 g/mol. The van der Waals surface area contributed by atoms with E-state index in [-0.39, 0.29) is 12.2 Å². The molecule has 6 heteroatoms. The van der Waals surface area contributed by atoms with E-state index in [2.05, 4.69) is 35.9 Å². The van der Waals surface area contributed by atoms with Crippen molar-refractivity contribution in [2.75, 3.05) is 0 Å². The van der Waals surface area contributed by atoms with Gasteiger partial charge in [0, 0.05) is 29.3 Å². The molecule has 2 aromatic heterocycles. The molecule has 176 valence electrons. The molecule has 1 N–H and O–H groups in total. The Kier molecular flexibility index (Phi) is 7.32. The molecular formula is C27H34N2O3S. The zero-order valence-electron chi connectivity index (χ0n) is 19.7. The summed E-state index contributed by atoms with van der Waals surface area (Å²) in [6.45, 7) is 4.40. The summed E-state index contributed by atoms with van der Waals surface area (Å²) < 4.78 is 2.34. The largest absolute Gasteiger partial charge is 0.481 e. The average molecular weight is 467 g/mol. The van der Waals surface area contributed by atoms with Crippen LogP contribution in [0.4, 0.5) is 0 Å². The van der Waals surface area contributed by atoms with Gasteiger partial charge in [0.05, 0.1) is 16.4 Å². The van der Waals surface area contributed by atoms with Crippen LogP contribution >= 0.6 is 11.3 Å². The summed E-state index contributed by atoms with van der Waals surface area (Å²) in [7, 11) is 0. The topological polar surface area (TPSA) is 72.2 Å². The minimum Gasteiger partial charge on any atom is -0.481 e. The number of imidazole rings is 1. The highest BCUT2D eigenvalue weighted by Crippen LogP contribution is 2.39. The minimum atomic E-state index is -0.929. The van der Waals surface area contributed by atoms with E-state index in [0.717, 1.165) is 61.8 Å². The lowest BCUT2D eigenvalue weighted by atomic mass is 9.75. The number of benzene rings is 1. The third-order valence-electron chi connectivity index (χ3n) is 7.32. The van der Waals surface area contributed by atoms with Gasteiger partial charge in [-0.25, -0.2) is 4.98 Å². The zero-order chi connectivity index (χ0) is 23.4. The molecule has 0 amide bonds. The highest BCUT2D eigenvalue weighted by molar-refractivity contribution is 7.09. The van der Waals surface area contributed by atoms with Crippen LogP contribution < -0.4 is 0 Å². The Morgan fingerprint density at radius 1 is 1.12 bits per heavy atom. The molecule has 0 bridgehead atoms. The third kappa shape index (κ3) is 4.91. The second-order valence-electron chi connectivity index (χ2n) is 9.43. The van der Waals surface area contributed by atoms with Crippen LogP contribution in [0.15, 0.2) is 35.7 Å². The van der Waals surface area contributed by atoms with Crippen LogP contribution in [0.3, 0.4) is 0 Å². The molecule has 1 aromatic carbocycles. The van der Waals surface area contributed by atoms with Crippen LogP contribution in [0.2, 0.25) is 0 Å². The third-order valence-corrected chi connectivity index (χ3v) is 8.19. The number of hydrogen-bond donors (Lipinski definition) is 1. The van der Waals surface area contributed by atoms with Crippen molar-refractivity contribution in [3.05, 3.63) is 52.0 Å². The van der Waals surface area contributed by atoms with Crippen molar-refractivity contribution in [3.8, 4) is 0 Å². The molecule has 0 radical (unpaired) electrons. The molecular weight excluding hydrogens is 432 g/mol. The summed E-state index contributed by atoms with van der Waals surface area (Å²) in [5, 5.41) is 12.1. The Hall–Kier alpha value is -2.47. The maximum Gasteiger partial charge on any atom is 0.310 e. The molecule has 1 aliphatic carbocycles. The van der Waals surface area contributed by atoms with Crippen LogP contribution in [0.5, 0.6) is 0 Å². The van der Waals surface area contributed by atoms with E-state index in [9.17, 15) is 14.7 Å². The highest BCUT2D eigenvalue weighted by Gasteiger charge is 2.40. The summed E-state index contributed by atoms with van der Waals surface area (Å²) in [6, 6.07) is 10.3. The SMILES string of the molecule is CCC(CC)n1c(Cc2cccs2)nc2cc(C(=O)CC3(C(=O)O)CCCCCC3)ccc21. The summed E-state index contributed by atoms with van der Waals surface area (Å²) in [5.74, 6) is 0.115. The molecule has 0 atom stereocenters. The van der Waals surface area contributed by atoms with Gasteiger partial charge < -0.3 is 9.67 Å². The van der Waals surface area contributed by atoms with Crippen molar-refractivity contribution in [3.63, 3.8) is 0 Å². The van der Waals surface area contributed by atoms with Crippen molar-refractivity contribution in [2.24, 2.45) is 5.41 Å². The molecule has 1 fully saturated rings. The Balaban J connectivity index is 1.68. The number of ketones is 1. The van der Waals surface area contributed by atoms with Gasteiger partial charge in [0.25, 0.3) is 0 Å². The number of carbonyl (C=O) groups is 2. The van der Waals surface area contributed by atoms with E-state index in [1.807, 2.05) is 18.2 Å². The number of hydrogen-bond acceptors (Lipinski definition) is 4. The van der Waals surface area contributed by atoms with Crippen molar-refractivity contribution < 1.29 is 14.7 Å². The Labute approximate surface area is 199 Å². The molecule has 0 saturated heterocycles. The van der Waals surface area contributed by atoms with E-state index in [0.29, 0.717) is 24.4 Å². The maximum absolute atomic E-state index is 13.3. The molecule has 2 heterocycles. The average Bonchev–Trinajstić information content (AvgIpc) is 3.37. The molecule has 1 saturated carbocycles. The Bertz CT molecular complexity index is 1100. The number of thiophene rings is 1. The number of rotatable bonds is 9. The molecule has 0 unspecified atom stereocenters. The van der Waals surface area contributed by atoms with Crippen molar-refractivity contribution in [2.45, 2.75) is 84.1 Å². The lowest BCUT2D eigenvalue weighted by molar-refractivity contribution is -0.149. The first-order valence-corrected chi connectivity index (χ1v) is 13.1. The lowest BCUT2D eigenvalue weighted by Gasteiger charge is -2.27. The number of Topliss-reactive ketones (excluding diaryl/α,β-unsaturated/α-hetero) is 1. The van der Waals surface area contributed by atoms with Crippen LogP contribution in [0.1, 0.15) is 98.7 Å². The number of fused-ring (bicyclic) bond motifs is 1. The van der Waals surface area contributed by atoms with Gasteiger partial charge >= 0.3 is 5.97 Å². The van der Waals surface area contributed by atoms with Gasteiger partial charge in [-0.3, -0.25) is 9.59 Å². The van der Waals surface area contributed by atoms with E-state index in [1.165, 1.54) is 4.88 Å². The Morgan fingerprint density at radius 2 is 1.85 bits per heavy atom. The molecule has 33 heavy (non-hydrogen) atoms. The van der Waals surface area contributed by atoms with Crippen LogP contribution in [-0.2, 0) is 11.2 Å². The van der Waals surface area contributed by atoms with Crippen LogP contribution in [0, 0.1) is 5.41 Å². The second kappa shape index (κ2) is 10.2. The summed E-state index contributed by atoms with van der Waals surface area (Å²) in [6.07, 6.45) is 7.91. The van der Waals surface area contributed by atoms with E-state index in [1.54, 1.807) is 11.3 Å². The van der Waals surface area contributed by atoms with Gasteiger partial charge in [0.15, 0.2) is 5.78 Å². The van der Waals surface area contributed by atoms with Gasteiger partial charge in [0.1, 0.15) is 5.82 Å². The predicted molar refractivity (Wildman–Crippen MR) is 133 cm³/mol. The minimum absolute atomic E-state index is 0.0726. The number of carbonyl (C=O) groups excluding carboxylic acids is 1. The van der Waals surface area contributed by atoms with Crippen LogP contribution in [-0.4, -0.2) is 26.4 Å². The second-order valence-corrected chi connectivity index (χ2v) is 10.5. The number of carboxylic acid groups (broad SMARTS) is 1. The number of aliphatic carboxylic acids is 1. The zero-order valence-corrected chi connectivity index (χ0v) is 20.5. The van der Waals surface area contributed by atoms with E-state index < -0.39 is 11.4 Å². The van der Waals surface area contributed by atoms with Gasteiger partial charge in [-0.15, -0.1) is 11.3 Å². The first-order chi connectivity index (χ1) is 16.0. The molecule has 0 aliphatic heterocycles. The predicted octanol–water partition coefficient (Wildman–Crippen LogP) is 7.05. The molecule has 4 rings (SSSR count). The number of nitrogens with zero attached hydrogens (tertiary/aromatic N) is 2. The van der Waals surface area contributed by atoms with Crippen molar-refractivity contribution in [1.82, 2.24) is 9.55 Å². The molecule has 5 nitrogen and oxygen atoms in total. The molecule has 0 spiro atoms. The molecule has 1 aliphatic rings. The standard InChI is InChI=1S/C27H34N2O3S/c1-3-20(4-2)29-23-12-11-19(16-22(23)28-25(29)17-21-10-9-15-33-21)24(30)18-27(26(31)32)13-7-5-6-8-14-27/h9-12,15-16,20H,3-8,13-14,17-18H2,1-2H3,(H,31,32). The molecule has 3 aromatic rings. The first kappa shape index (κ1) is 23.7. The number of carboxylic acids is 1. The summed E-state index contributed by atoms with van der Waals surface area (Å²) in [5.41, 5.74) is 1.52. The highest BCUT2D eigenvalue weighted by atomic mass is 32.1. The normalized spacial score (nSPS) is 16.2. The number of aromatic nitrogens is 2.